The van der Waals surface area contributed by atoms with Crippen molar-refractivity contribution in [2.45, 2.75) is 24.9 Å². The van der Waals surface area contributed by atoms with Gasteiger partial charge in [0.2, 0.25) is 0 Å². The first-order chi connectivity index (χ1) is 11.7. The zero-order valence-corrected chi connectivity index (χ0v) is 14.4. The quantitative estimate of drug-likeness (QED) is 0.627. The Morgan fingerprint density at radius 3 is 1.83 bits per heavy atom. The van der Waals surface area contributed by atoms with E-state index in [0.717, 1.165) is 23.1 Å². The van der Waals surface area contributed by atoms with Crippen LogP contribution in [0.2, 0.25) is 5.02 Å². The van der Waals surface area contributed by atoms with Crippen molar-refractivity contribution in [1.29, 1.82) is 0 Å². The molecule has 3 aromatic carbocycles. The summed E-state index contributed by atoms with van der Waals surface area (Å²) in [5.74, 6) is -0.0534. The van der Waals surface area contributed by atoms with E-state index >= 15 is 0 Å². The Hall–Kier alpha value is -2.09. The van der Waals surface area contributed by atoms with Crippen molar-refractivity contribution in [3.63, 3.8) is 0 Å². The first-order valence-electron chi connectivity index (χ1n) is 8.25. The van der Waals surface area contributed by atoms with Gasteiger partial charge >= 0.3 is 0 Å². The predicted octanol–water partition coefficient (Wildman–Crippen LogP) is 5.77. The van der Waals surface area contributed by atoms with E-state index < -0.39 is 5.60 Å². The molecule has 2 atom stereocenters. The van der Waals surface area contributed by atoms with E-state index in [2.05, 4.69) is 19.1 Å². The van der Waals surface area contributed by atoms with E-state index in [1.54, 1.807) is 0 Å². The van der Waals surface area contributed by atoms with Gasteiger partial charge in [0.05, 0.1) is 0 Å². The molecule has 0 aliphatic heterocycles. The topological polar surface area (TPSA) is 20.2 Å². The van der Waals surface area contributed by atoms with Crippen molar-refractivity contribution in [3.8, 4) is 0 Å². The van der Waals surface area contributed by atoms with Crippen molar-refractivity contribution >= 4 is 11.6 Å². The van der Waals surface area contributed by atoms with Crippen molar-refractivity contribution in [1.82, 2.24) is 0 Å². The molecule has 0 fully saturated rings. The van der Waals surface area contributed by atoms with Gasteiger partial charge < -0.3 is 5.11 Å². The third kappa shape index (κ3) is 3.10. The summed E-state index contributed by atoms with van der Waals surface area (Å²) in [7, 11) is 0. The second kappa shape index (κ2) is 7.21. The summed E-state index contributed by atoms with van der Waals surface area (Å²) in [5, 5.41) is 12.6. The number of hydrogen-bond acceptors (Lipinski definition) is 1. The monoisotopic (exact) mass is 336 g/mol. The van der Waals surface area contributed by atoms with Crippen LogP contribution >= 0.6 is 11.6 Å². The summed E-state index contributed by atoms with van der Waals surface area (Å²) < 4.78 is 0. The van der Waals surface area contributed by atoms with Crippen LogP contribution in [0.1, 0.15) is 36.0 Å². The number of hydrogen-bond donors (Lipinski definition) is 1. The lowest BCUT2D eigenvalue weighted by Gasteiger charge is -2.37. The summed E-state index contributed by atoms with van der Waals surface area (Å²) in [6.07, 6.45) is 0.817. The number of rotatable bonds is 5. The van der Waals surface area contributed by atoms with Crippen molar-refractivity contribution in [3.05, 3.63) is 107 Å². The van der Waals surface area contributed by atoms with Crippen LogP contribution in [0.25, 0.3) is 0 Å². The fourth-order valence-corrected chi connectivity index (χ4v) is 3.55. The molecule has 0 radical (unpaired) electrons. The van der Waals surface area contributed by atoms with Gasteiger partial charge in [0.15, 0.2) is 0 Å². The van der Waals surface area contributed by atoms with E-state index in [-0.39, 0.29) is 5.92 Å². The Morgan fingerprint density at radius 2 is 1.29 bits per heavy atom. The molecule has 2 unspecified atom stereocenters. The van der Waals surface area contributed by atoms with Gasteiger partial charge in [-0.25, -0.2) is 0 Å². The number of aliphatic hydroxyl groups is 1. The Kier molecular flexibility index (Phi) is 5.03. The van der Waals surface area contributed by atoms with Gasteiger partial charge in [-0.1, -0.05) is 91.3 Å². The number of halogens is 1. The fourth-order valence-electron chi connectivity index (χ4n) is 3.42. The van der Waals surface area contributed by atoms with Crippen LogP contribution in [0.4, 0.5) is 0 Å². The molecule has 1 N–H and O–H groups in total. The van der Waals surface area contributed by atoms with Crippen LogP contribution < -0.4 is 0 Å². The van der Waals surface area contributed by atoms with Crippen LogP contribution in [0.3, 0.4) is 0 Å². The lowest BCUT2D eigenvalue weighted by molar-refractivity contribution is 0.0477. The minimum atomic E-state index is -1.11. The summed E-state index contributed by atoms with van der Waals surface area (Å²) >= 11 is 6.06. The largest absolute Gasteiger partial charge is 0.380 e. The molecule has 0 aliphatic carbocycles. The minimum Gasteiger partial charge on any atom is -0.380 e. The highest BCUT2D eigenvalue weighted by Gasteiger charge is 2.40. The number of benzene rings is 3. The van der Waals surface area contributed by atoms with Gasteiger partial charge in [-0.2, -0.15) is 0 Å². The average Bonchev–Trinajstić information content (AvgIpc) is 2.64. The molecular formula is C22H21ClO. The molecule has 0 spiro atoms. The fraction of sp³-hybridized carbons (Fsp3) is 0.182. The Bertz CT molecular complexity index is 768. The Morgan fingerprint density at radius 1 is 0.792 bits per heavy atom. The van der Waals surface area contributed by atoms with E-state index in [1.165, 1.54) is 0 Å². The molecule has 0 aliphatic rings. The van der Waals surface area contributed by atoms with E-state index in [9.17, 15) is 5.11 Å². The van der Waals surface area contributed by atoms with Gasteiger partial charge in [-0.3, -0.25) is 0 Å². The van der Waals surface area contributed by atoms with Gasteiger partial charge in [0.25, 0.3) is 0 Å². The standard InChI is InChI=1S/C22H21ClO/c1-2-21(17-9-5-3-6-10-17)22(24,18-11-7-4-8-12-18)19-13-15-20(23)16-14-19/h3-16,21,24H,2H2,1H3. The molecule has 0 bridgehead atoms. The molecule has 1 nitrogen and oxygen atoms in total. The van der Waals surface area contributed by atoms with E-state index in [1.807, 2.05) is 72.8 Å². The highest BCUT2D eigenvalue weighted by Crippen LogP contribution is 2.44. The third-order valence-electron chi connectivity index (χ3n) is 4.61. The van der Waals surface area contributed by atoms with Crippen LogP contribution in [-0.4, -0.2) is 5.11 Å². The molecule has 0 heterocycles. The van der Waals surface area contributed by atoms with Gasteiger partial charge in [-0.05, 0) is 35.2 Å². The minimum absolute atomic E-state index is 0.0534. The van der Waals surface area contributed by atoms with Crippen LogP contribution in [-0.2, 0) is 5.60 Å². The van der Waals surface area contributed by atoms with Crippen molar-refractivity contribution < 1.29 is 5.11 Å². The summed E-state index contributed by atoms with van der Waals surface area (Å²) in [6.45, 7) is 2.11. The van der Waals surface area contributed by atoms with Gasteiger partial charge in [0, 0.05) is 10.9 Å². The SMILES string of the molecule is CCC(c1ccccc1)C(O)(c1ccccc1)c1ccc(Cl)cc1. The molecule has 2 heteroatoms. The summed E-state index contributed by atoms with van der Waals surface area (Å²) in [4.78, 5) is 0. The maximum absolute atomic E-state index is 11.9. The third-order valence-corrected chi connectivity index (χ3v) is 4.86. The normalized spacial score (nSPS) is 14.8. The highest BCUT2D eigenvalue weighted by molar-refractivity contribution is 6.30. The van der Waals surface area contributed by atoms with Gasteiger partial charge in [-0.15, -0.1) is 0 Å². The zero-order valence-electron chi connectivity index (χ0n) is 13.7. The van der Waals surface area contributed by atoms with Crippen LogP contribution in [0, 0.1) is 0 Å². The van der Waals surface area contributed by atoms with E-state index in [0.29, 0.717) is 5.02 Å². The first-order valence-corrected chi connectivity index (χ1v) is 8.63. The lowest BCUT2D eigenvalue weighted by atomic mass is 9.72. The molecule has 0 amide bonds. The first kappa shape index (κ1) is 16.8. The molecule has 3 aromatic rings. The predicted molar refractivity (Wildman–Crippen MR) is 100 cm³/mol. The van der Waals surface area contributed by atoms with E-state index in [4.69, 9.17) is 11.6 Å². The molecule has 0 saturated heterocycles. The smallest absolute Gasteiger partial charge is 0.121 e. The molecule has 24 heavy (non-hydrogen) atoms. The summed E-state index contributed by atoms with van der Waals surface area (Å²) in [6, 6.07) is 27.6. The van der Waals surface area contributed by atoms with Gasteiger partial charge in [0.1, 0.15) is 5.60 Å². The molecule has 3 rings (SSSR count). The molecule has 0 aromatic heterocycles. The second-order valence-corrected chi connectivity index (χ2v) is 6.45. The molecule has 122 valence electrons. The van der Waals surface area contributed by atoms with Crippen molar-refractivity contribution in [2.24, 2.45) is 0 Å². The highest BCUT2D eigenvalue weighted by atomic mass is 35.5. The maximum atomic E-state index is 11.9. The second-order valence-electron chi connectivity index (χ2n) is 6.01. The Labute approximate surface area is 148 Å². The van der Waals surface area contributed by atoms with Crippen molar-refractivity contribution in [2.75, 3.05) is 0 Å². The summed E-state index contributed by atoms with van der Waals surface area (Å²) in [5.41, 5.74) is 1.76. The maximum Gasteiger partial charge on any atom is 0.121 e. The zero-order chi connectivity index (χ0) is 17.0. The molecular weight excluding hydrogens is 316 g/mol. The average molecular weight is 337 g/mol. The Balaban J connectivity index is 2.20. The molecule has 0 saturated carbocycles. The van der Waals surface area contributed by atoms with Crippen LogP contribution in [0.5, 0.6) is 0 Å². The van der Waals surface area contributed by atoms with Crippen LogP contribution in [0.15, 0.2) is 84.9 Å². The lowest BCUT2D eigenvalue weighted by Crippen LogP contribution is -2.34.